The molecule has 1 aliphatic heterocycles. The van der Waals surface area contributed by atoms with Crippen LogP contribution in [0.5, 0.6) is 0 Å². The van der Waals surface area contributed by atoms with Gasteiger partial charge in [0.25, 0.3) is 5.92 Å². The molecule has 2 atom stereocenters. The van der Waals surface area contributed by atoms with Gasteiger partial charge in [0.05, 0.1) is 18.4 Å². The lowest BCUT2D eigenvalue weighted by atomic mass is 9.87. The van der Waals surface area contributed by atoms with Gasteiger partial charge in [0.15, 0.2) is 0 Å². The fourth-order valence-corrected chi connectivity index (χ4v) is 3.04. The van der Waals surface area contributed by atoms with Crippen LogP contribution in [0.2, 0.25) is 0 Å². The van der Waals surface area contributed by atoms with Crippen molar-refractivity contribution in [3.05, 3.63) is 11.4 Å². The normalized spacial score (nSPS) is 28.9. The quantitative estimate of drug-likeness (QED) is 0.802. The Labute approximate surface area is 117 Å². The Kier molecular flexibility index (Phi) is 3.52. The van der Waals surface area contributed by atoms with Crippen LogP contribution >= 0.6 is 0 Å². The third-order valence-corrected chi connectivity index (χ3v) is 4.25. The number of aromatic nitrogens is 3. The summed E-state index contributed by atoms with van der Waals surface area (Å²) in [5.41, 5.74) is 0.513. The summed E-state index contributed by atoms with van der Waals surface area (Å²) in [6.07, 6.45) is 3.14. The number of alkyl halides is 2. The molecule has 0 radical (unpaired) electrons. The van der Waals surface area contributed by atoms with Gasteiger partial charge in [-0.1, -0.05) is 5.21 Å². The Balaban J connectivity index is 1.84. The van der Waals surface area contributed by atoms with E-state index in [4.69, 9.17) is 4.74 Å². The highest BCUT2D eigenvalue weighted by molar-refractivity contribution is 5.18. The molecule has 0 aromatic carbocycles. The van der Waals surface area contributed by atoms with Crippen LogP contribution in [0.1, 0.15) is 57.0 Å². The Hall–Kier alpha value is -1.04. The monoisotopic (exact) mass is 285 g/mol. The number of hydrogen-bond acceptors (Lipinski definition) is 3. The predicted molar refractivity (Wildman–Crippen MR) is 69.7 cm³/mol. The van der Waals surface area contributed by atoms with Gasteiger partial charge in [0.1, 0.15) is 5.69 Å². The molecular weight excluding hydrogens is 264 g/mol. The fourth-order valence-electron chi connectivity index (χ4n) is 3.04. The molecule has 2 aliphatic rings. The smallest absolute Gasteiger partial charge is 0.291 e. The lowest BCUT2D eigenvalue weighted by Gasteiger charge is -2.25. The van der Waals surface area contributed by atoms with Gasteiger partial charge in [-0.15, -0.1) is 5.10 Å². The molecule has 1 fully saturated rings. The van der Waals surface area contributed by atoms with Gasteiger partial charge >= 0.3 is 0 Å². The molecule has 0 saturated carbocycles. The number of nitrogens with zero attached hydrogens (tertiary/aromatic N) is 3. The first-order chi connectivity index (χ1) is 9.47. The SMILES string of the molecule is CC(C)n1nnc2c1C(F)(F)CCC(CC1CO1)CC2. The highest BCUT2D eigenvalue weighted by atomic mass is 19.3. The van der Waals surface area contributed by atoms with Crippen molar-refractivity contribution < 1.29 is 13.5 Å². The molecule has 0 N–H and O–H groups in total. The molecule has 1 saturated heterocycles. The van der Waals surface area contributed by atoms with Gasteiger partial charge in [-0.05, 0) is 45.4 Å². The molecule has 2 unspecified atom stereocenters. The van der Waals surface area contributed by atoms with Crippen LogP contribution in [-0.2, 0) is 17.1 Å². The molecule has 1 aromatic rings. The minimum atomic E-state index is -2.83. The van der Waals surface area contributed by atoms with E-state index < -0.39 is 5.92 Å². The van der Waals surface area contributed by atoms with Crippen LogP contribution in [0, 0.1) is 5.92 Å². The molecule has 1 aromatic heterocycles. The van der Waals surface area contributed by atoms with E-state index in [1.807, 2.05) is 13.8 Å². The summed E-state index contributed by atoms with van der Waals surface area (Å²) >= 11 is 0. The molecule has 1 aliphatic carbocycles. The van der Waals surface area contributed by atoms with Crippen molar-refractivity contribution in [1.82, 2.24) is 15.0 Å². The van der Waals surface area contributed by atoms with Gasteiger partial charge in [-0.3, -0.25) is 0 Å². The van der Waals surface area contributed by atoms with Crippen molar-refractivity contribution in [2.45, 2.75) is 64.0 Å². The number of hydrogen-bond donors (Lipinski definition) is 0. The van der Waals surface area contributed by atoms with E-state index >= 15 is 0 Å². The number of fused-ring (bicyclic) bond motifs is 1. The van der Waals surface area contributed by atoms with E-state index in [1.54, 1.807) is 0 Å². The molecule has 0 spiro atoms. The summed E-state index contributed by atoms with van der Waals surface area (Å²) in [5.74, 6) is -2.52. The van der Waals surface area contributed by atoms with Crippen molar-refractivity contribution in [3.8, 4) is 0 Å². The molecule has 2 heterocycles. The number of ether oxygens (including phenoxy) is 1. The third kappa shape index (κ3) is 2.71. The molecule has 0 amide bonds. The minimum absolute atomic E-state index is 0.0358. The molecule has 3 rings (SSSR count). The molecule has 4 nitrogen and oxygen atoms in total. The van der Waals surface area contributed by atoms with Crippen molar-refractivity contribution >= 4 is 0 Å². The summed E-state index contributed by atoms with van der Waals surface area (Å²) < 4.78 is 35.6. The highest BCUT2D eigenvalue weighted by Crippen LogP contribution is 2.41. The average molecular weight is 285 g/mol. The highest BCUT2D eigenvalue weighted by Gasteiger charge is 2.41. The first-order valence-electron chi connectivity index (χ1n) is 7.41. The Morgan fingerprint density at radius 1 is 1.40 bits per heavy atom. The lowest BCUT2D eigenvalue weighted by Crippen LogP contribution is -2.25. The maximum absolute atomic E-state index is 14.5. The average Bonchev–Trinajstić information content (AvgIpc) is 3.07. The van der Waals surface area contributed by atoms with E-state index in [9.17, 15) is 8.78 Å². The molecule has 20 heavy (non-hydrogen) atoms. The van der Waals surface area contributed by atoms with Crippen molar-refractivity contribution in [2.24, 2.45) is 5.92 Å². The second kappa shape index (κ2) is 5.06. The summed E-state index contributed by atoms with van der Waals surface area (Å²) in [6, 6.07) is -0.0905. The second-order valence-electron chi connectivity index (χ2n) is 6.26. The maximum atomic E-state index is 14.5. The zero-order valence-corrected chi connectivity index (χ0v) is 12.0. The summed E-state index contributed by atoms with van der Waals surface area (Å²) in [6.45, 7) is 4.51. The summed E-state index contributed by atoms with van der Waals surface area (Å²) in [7, 11) is 0. The fraction of sp³-hybridized carbons (Fsp3) is 0.857. The van der Waals surface area contributed by atoms with Crippen LogP contribution in [0.15, 0.2) is 0 Å². The predicted octanol–water partition coefficient (Wildman–Crippen LogP) is 3.08. The van der Waals surface area contributed by atoms with Gasteiger partial charge in [-0.2, -0.15) is 8.78 Å². The zero-order valence-electron chi connectivity index (χ0n) is 12.0. The van der Waals surface area contributed by atoms with E-state index in [0.717, 1.165) is 19.4 Å². The van der Waals surface area contributed by atoms with Gasteiger partial charge < -0.3 is 4.74 Å². The maximum Gasteiger partial charge on any atom is 0.291 e. The Morgan fingerprint density at radius 2 is 2.15 bits per heavy atom. The van der Waals surface area contributed by atoms with Crippen molar-refractivity contribution in [1.29, 1.82) is 0 Å². The summed E-state index contributed by atoms with van der Waals surface area (Å²) in [5, 5.41) is 7.94. The van der Waals surface area contributed by atoms with Gasteiger partial charge in [0.2, 0.25) is 0 Å². The number of rotatable bonds is 3. The number of aryl methyl sites for hydroxylation is 1. The molecule has 0 bridgehead atoms. The third-order valence-electron chi connectivity index (χ3n) is 4.25. The van der Waals surface area contributed by atoms with Gasteiger partial charge in [0, 0.05) is 12.5 Å². The number of epoxide rings is 1. The second-order valence-corrected chi connectivity index (χ2v) is 6.26. The standard InChI is InChI=1S/C14H21F2N3O/c1-9(2)19-13-12(17-18-19)4-3-10(7-11-8-20-11)5-6-14(13,15)16/h9-11H,3-8H2,1-2H3. The molecule has 6 heteroatoms. The number of halogens is 2. The first-order valence-corrected chi connectivity index (χ1v) is 7.41. The van der Waals surface area contributed by atoms with Crippen LogP contribution in [-0.4, -0.2) is 27.7 Å². The van der Waals surface area contributed by atoms with Crippen LogP contribution in [0.4, 0.5) is 8.78 Å². The Morgan fingerprint density at radius 3 is 2.80 bits per heavy atom. The van der Waals surface area contributed by atoms with Crippen LogP contribution in [0.25, 0.3) is 0 Å². The first kappa shape index (κ1) is 13.9. The van der Waals surface area contributed by atoms with Crippen molar-refractivity contribution in [3.63, 3.8) is 0 Å². The van der Waals surface area contributed by atoms with E-state index in [1.165, 1.54) is 4.68 Å². The van der Waals surface area contributed by atoms with E-state index in [-0.39, 0.29) is 18.2 Å². The molecule has 112 valence electrons. The zero-order chi connectivity index (χ0) is 14.3. The van der Waals surface area contributed by atoms with Gasteiger partial charge in [-0.25, -0.2) is 4.68 Å². The summed E-state index contributed by atoms with van der Waals surface area (Å²) in [4.78, 5) is 0. The lowest BCUT2D eigenvalue weighted by molar-refractivity contribution is -0.0324. The topological polar surface area (TPSA) is 43.2 Å². The van der Waals surface area contributed by atoms with Crippen LogP contribution in [0.3, 0.4) is 0 Å². The minimum Gasteiger partial charge on any atom is -0.373 e. The molecular formula is C14H21F2N3O. The van der Waals surface area contributed by atoms with Crippen LogP contribution < -0.4 is 0 Å². The van der Waals surface area contributed by atoms with E-state index in [2.05, 4.69) is 10.3 Å². The Bertz CT molecular complexity index is 483. The van der Waals surface area contributed by atoms with Crippen molar-refractivity contribution in [2.75, 3.05) is 6.61 Å². The largest absolute Gasteiger partial charge is 0.373 e. The van der Waals surface area contributed by atoms with E-state index in [0.29, 0.717) is 30.6 Å².